The maximum atomic E-state index is 8.82. The fourth-order valence-corrected chi connectivity index (χ4v) is 6.03. The van der Waals surface area contributed by atoms with Gasteiger partial charge in [0.2, 0.25) is 5.71 Å². The average molecular weight is 751 g/mol. The van der Waals surface area contributed by atoms with E-state index in [9.17, 15) is 0 Å². The Morgan fingerprint density at radius 1 is 0.929 bits per heavy atom. The smallest absolute Gasteiger partial charge is 0.216 e. The molecule has 0 spiro atoms. The minimum Gasteiger partial charge on any atom is -0.486 e. The van der Waals surface area contributed by atoms with Gasteiger partial charge in [0.05, 0.1) is 5.58 Å². The molecule has 5 aromatic heterocycles. The summed E-state index contributed by atoms with van der Waals surface area (Å²) in [4.78, 5) is 13.8. The third-order valence-electron chi connectivity index (χ3n) is 6.51. The van der Waals surface area contributed by atoms with E-state index < -0.39 is 18.6 Å². The first-order valence-electron chi connectivity index (χ1n) is 15.8. The molecule has 0 saturated carbocycles. The van der Waals surface area contributed by atoms with Crippen molar-refractivity contribution in [2.45, 2.75) is 40.9 Å². The summed E-state index contributed by atoms with van der Waals surface area (Å²) in [6.07, 6.45) is 1.98. The minimum atomic E-state index is -2.33. The molecule has 0 aliphatic carbocycles. The maximum Gasteiger partial charge on any atom is 0.216 e. The summed E-state index contributed by atoms with van der Waals surface area (Å²) in [7, 11) is 0. The minimum absolute atomic E-state index is 0. The molecule has 42 heavy (non-hydrogen) atoms. The number of fused-ring (bicyclic) bond motifs is 4. The zero-order valence-electron chi connectivity index (χ0n) is 28.6. The third-order valence-corrected chi connectivity index (χ3v) is 7.69. The quantitative estimate of drug-likeness (QED) is 0.169. The van der Waals surface area contributed by atoms with Crippen LogP contribution in [0.3, 0.4) is 0 Å². The van der Waals surface area contributed by atoms with E-state index >= 15 is 0 Å². The molecular weight excluding hydrogens is 715 g/mol. The first-order valence-corrected chi connectivity index (χ1v) is 14.1. The van der Waals surface area contributed by atoms with Gasteiger partial charge in [0.15, 0.2) is 0 Å². The Hall–Kier alpha value is -3.70. The second kappa shape index (κ2) is 12.3. The van der Waals surface area contributed by atoms with Gasteiger partial charge < -0.3 is 14.4 Å². The van der Waals surface area contributed by atoms with E-state index in [1.54, 1.807) is 24.5 Å². The summed E-state index contributed by atoms with van der Waals surface area (Å²) in [6, 6.07) is 28.9. The summed E-state index contributed by atoms with van der Waals surface area (Å²) >= 11 is 1.45. The van der Waals surface area contributed by atoms with Gasteiger partial charge in [-0.1, -0.05) is 43.9 Å². The molecule has 4 nitrogen and oxygen atoms in total. The molecule has 0 N–H and O–H groups in total. The summed E-state index contributed by atoms with van der Waals surface area (Å²) in [5.41, 5.74) is 4.34. The summed E-state index contributed by atoms with van der Waals surface area (Å²) in [5.74, 6) is 0. The molecular formula is C36H31IrN3OS-2. The van der Waals surface area contributed by atoms with Gasteiger partial charge in [0.25, 0.3) is 0 Å². The van der Waals surface area contributed by atoms with E-state index in [0.29, 0.717) is 21.7 Å². The van der Waals surface area contributed by atoms with Crippen LogP contribution < -0.4 is 0 Å². The molecule has 1 radical (unpaired) electrons. The zero-order valence-corrected chi connectivity index (χ0v) is 26.8. The van der Waals surface area contributed by atoms with Crippen molar-refractivity contribution in [3.05, 3.63) is 113 Å². The van der Waals surface area contributed by atoms with Crippen molar-refractivity contribution in [1.82, 2.24) is 15.0 Å². The van der Waals surface area contributed by atoms with Crippen LogP contribution in [0.5, 0.6) is 0 Å². The van der Waals surface area contributed by atoms with Crippen LogP contribution in [0.4, 0.5) is 0 Å². The Morgan fingerprint density at radius 3 is 2.52 bits per heavy atom. The number of hydrogen-bond acceptors (Lipinski definition) is 5. The van der Waals surface area contributed by atoms with Gasteiger partial charge in [-0.15, -0.1) is 65.4 Å². The SMILES string of the molecule is [2H]C([2H])([2H])c1ccc2c(n1)oc1c(-c3nccc4sc(C([2H])([2H])C(C)(C)C)c(C)c34)[c-]ccc12.[Ir].[c-]1ccccc1-c1ccccn1. The van der Waals surface area contributed by atoms with Crippen molar-refractivity contribution in [1.29, 1.82) is 0 Å². The largest absolute Gasteiger partial charge is 0.486 e. The van der Waals surface area contributed by atoms with Crippen molar-refractivity contribution in [2.24, 2.45) is 5.41 Å². The second-order valence-electron chi connectivity index (χ2n) is 10.7. The molecule has 5 heterocycles. The number of aromatic nitrogens is 3. The predicted molar refractivity (Wildman–Crippen MR) is 170 cm³/mol. The monoisotopic (exact) mass is 751 g/mol. The molecule has 0 atom stereocenters. The van der Waals surface area contributed by atoms with Crippen LogP contribution in [0.1, 0.15) is 43.8 Å². The summed E-state index contributed by atoms with van der Waals surface area (Å²) in [6.45, 7) is 5.32. The number of hydrogen-bond donors (Lipinski definition) is 0. The Labute approximate surface area is 271 Å². The molecule has 0 unspecified atom stereocenters. The Kier molecular flexibility index (Phi) is 6.96. The third kappa shape index (κ3) is 6.07. The van der Waals surface area contributed by atoms with E-state index in [2.05, 4.69) is 27.1 Å². The van der Waals surface area contributed by atoms with E-state index in [1.807, 2.05) is 82.3 Å². The fraction of sp³-hybridized carbons (Fsp3) is 0.194. The predicted octanol–water partition coefficient (Wildman–Crippen LogP) is 9.81. The number of nitrogens with zero attached hydrogens (tertiary/aromatic N) is 3. The van der Waals surface area contributed by atoms with Gasteiger partial charge in [0, 0.05) is 65.7 Å². The Bertz CT molecular complexity index is 2140. The van der Waals surface area contributed by atoms with Gasteiger partial charge >= 0.3 is 0 Å². The number of furan rings is 1. The number of thiophene rings is 1. The molecule has 7 aromatic rings. The topological polar surface area (TPSA) is 51.8 Å². The van der Waals surface area contributed by atoms with E-state index in [-0.39, 0.29) is 31.5 Å². The summed E-state index contributed by atoms with van der Waals surface area (Å²) in [5, 5.41) is 2.39. The van der Waals surface area contributed by atoms with Crippen LogP contribution in [0.25, 0.3) is 54.7 Å². The van der Waals surface area contributed by atoms with E-state index in [4.69, 9.17) is 11.3 Å². The van der Waals surface area contributed by atoms with Crippen LogP contribution in [-0.2, 0) is 26.5 Å². The van der Waals surface area contributed by atoms with Crippen molar-refractivity contribution in [3.63, 3.8) is 0 Å². The standard InChI is InChI=1S/C25H23N2OS.C11H8N.Ir/c1-14-9-10-17-16-7-6-8-18(23(16)28-24(17)27-14)22-21-15(2)20(13-25(3,4)5)29-19(21)11-12-26-22;1-2-6-10(7-3-1)11-8-4-5-9-12-11;/h6-7,9-12H,13H2,1-5H3;1-6,8-9H;/q2*-1;/i1D3,13D2;;. The van der Waals surface area contributed by atoms with Crippen LogP contribution in [-0.4, -0.2) is 15.0 Å². The number of rotatable bonds is 3. The maximum absolute atomic E-state index is 8.82. The molecule has 213 valence electrons. The second-order valence-corrected chi connectivity index (χ2v) is 11.8. The Morgan fingerprint density at radius 2 is 1.79 bits per heavy atom. The molecule has 0 fully saturated rings. The van der Waals surface area contributed by atoms with Crippen molar-refractivity contribution >= 4 is 43.5 Å². The van der Waals surface area contributed by atoms with Gasteiger partial charge in [-0.25, -0.2) is 4.98 Å². The molecule has 2 aromatic carbocycles. The molecule has 0 saturated heterocycles. The zero-order chi connectivity index (χ0) is 32.9. The van der Waals surface area contributed by atoms with Gasteiger partial charge in [-0.2, -0.15) is 0 Å². The fourth-order valence-electron chi connectivity index (χ4n) is 4.71. The molecule has 6 heteroatoms. The number of pyridine rings is 3. The van der Waals surface area contributed by atoms with Crippen LogP contribution >= 0.6 is 11.3 Å². The van der Waals surface area contributed by atoms with E-state index in [0.717, 1.165) is 37.7 Å². The van der Waals surface area contributed by atoms with Crippen LogP contribution in [0, 0.1) is 31.3 Å². The van der Waals surface area contributed by atoms with Gasteiger partial charge in [-0.05, 0) is 66.5 Å². The van der Waals surface area contributed by atoms with Gasteiger partial charge in [0.1, 0.15) is 0 Å². The molecule has 0 aliphatic heterocycles. The van der Waals surface area contributed by atoms with Crippen molar-refractivity contribution in [3.8, 4) is 22.5 Å². The normalized spacial score (nSPS) is 13.8. The average Bonchev–Trinajstić information content (AvgIpc) is 3.59. The van der Waals surface area contributed by atoms with Crippen molar-refractivity contribution in [2.75, 3.05) is 0 Å². The summed E-state index contributed by atoms with van der Waals surface area (Å²) < 4.78 is 47.6. The molecule has 0 amide bonds. The first kappa shape index (κ1) is 23.8. The van der Waals surface area contributed by atoms with Gasteiger partial charge in [-0.3, -0.25) is 0 Å². The van der Waals surface area contributed by atoms with Crippen molar-refractivity contribution < 1.29 is 31.4 Å². The van der Waals surface area contributed by atoms with Crippen LogP contribution in [0.2, 0.25) is 0 Å². The molecule has 0 aliphatic rings. The molecule has 0 bridgehead atoms. The van der Waals surface area contributed by atoms with E-state index in [1.165, 1.54) is 17.4 Å². The first-order chi connectivity index (χ1) is 21.8. The number of aryl methyl sites for hydroxylation is 2. The van der Waals surface area contributed by atoms with Crippen LogP contribution in [0.15, 0.2) is 89.6 Å². The molecule has 7 rings (SSSR count). The number of benzene rings is 2. The Balaban J connectivity index is 0.000000280.